The van der Waals surface area contributed by atoms with Crippen molar-refractivity contribution < 1.29 is 22.8 Å². The summed E-state index contributed by atoms with van der Waals surface area (Å²) in [6.45, 7) is 1.97. The molecule has 0 saturated heterocycles. The Morgan fingerprint density at radius 3 is 2.59 bits per heavy atom. The van der Waals surface area contributed by atoms with Crippen LogP contribution in [0, 0.1) is 0 Å². The van der Waals surface area contributed by atoms with Crippen molar-refractivity contribution in [3.05, 3.63) is 45.7 Å². The number of H-pyrrole nitrogens is 1. The number of alkyl halides is 3. The molecule has 2 heterocycles. The fraction of sp³-hybridized carbons (Fsp3) is 0.333. The molecule has 0 aliphatic carbocycles. The number of amides is 2. The third-order valence-corrected chi connectivity index (χ3v) is 5.25. The zero-order chi connectivity index (χ0) is 21.2. The average Bonchev–Trinajstić information content (AvgIpc) is 2.65. The molecule has 1 aliphatic rings. The second-order valence-electron chi connectivity index (χ2n) is 6.35. The van der Waals surface area contributed by atoms with Crippen LogP contribution < -0.4 is 16.2 Å². The number of carbonyl (C=O) groups is 2. The van der Waals surface area contributed by atoms with Crippen LogP contribution in [-0.4, -0.2) is 27.5 Å². The van der Waals surface area contributed by atoms with Gasteiger partial charge in [0.25, 0.3) is 5.56 Å². The molecule has 0 fully saturated rings. The van der Waals surface area contributed by atoms with E-state index < -0.39 is 35.0 Å². The number of fused-ring (bicyclic) bond motifs is 1. The van der Waals surface area contributed by atoms with Crippen LogP contribution in [-0.2, 0) is 15.8 Å². The maximum atomic E-state index is 12.7. The summed E-state index contributed by atoms with van der Waals surface area (Å²) >= 11 is 1.31. The fourth-order valence-electron chi connectivity index (χ4n) is 2.81. The predicted molar refractivity (Wildman–Crippen MR) is 102 cm³/mol. The number of aromatic amines is 1. The van der Waals surface area contributed by atoms with E-state index in [1.165, 1.54) is 11.8 Å². The fourth-order valence-corrected chi connectivity index (χ4v) is 3.53. The summed E-state index contributed by atoms with van der Waals surface area (Å²) in [7, 11) is 0. The maximum Gasteiger partial charge on any atom is 0.416 e. The molecule has 1 aromatic carbocycles. The molecule has 7 nitrogen and oxygen atoms in total. The number of hydrogen-bond acceptors (Lipinski definition) is 5. The molecule has 3 N–H and O–H groups in total. The number of anilines is 2. The summed E-state index contributed by atoms with van der Waals surface area (Å²) in [6.07, 6.45) is -3.91. The molecule has 1 unspecified atom stereocenters. The molecule has 0 radical (unpaired) electrons. The van der Waals surface area contributed by atoms with Gasteiger partial charge in [-0.15, -0.1) is 0 Å². The van der Waals surface area contributed by atoms with E-state index >= 15 is 0 Å². The second-order valence-corrected chi connectivity index (χ2v) is 7.43. The zero-order valence-corrected chi connectivity index (χ0v) is 16.0. The summed E-state index contributed by atoms with van der Waals surface area (Å²) in [6, 6.07) is 3.89. The normalized spacial score (nSPS) is 16.1. The van der Waals surface area contributed by atoms with Crippen LogP contribution in [0.1, 0.15) is 36.8 Å². The quantitative estimate of drug-likeness (QED) is 0.503. The number of rotatable bonds is 5. The molecule has 11 heteroatoms. The van der Waals surface area contributed by atoms with Crippen LogP contribution in [0.15, 0.2) is 34.2 Å². The Morgan fingerprint density at radius 1 is 1.28 bits per heavy atom. The highest BCUT2D eigenvalue weighted by Gasteiger charge is 2.35. The van der Waals surface area contributed by atoms with Gasteiger partial charge in [-0.05, 0) is 30.7 Å². The number of aromatic nitrogens is 2. The molecule has 0 bridgehead atoms. The van der Waals surface area contributed by atoms with Gasteiger partial charge in [0.05, 0.1) is 17.0 Å². The first-order valence-corrected chi connectivity index (χ1v) is 9.72. The van der Waals surface area contributed by atoms with Crippen LogP contribution in [0.5, 0.6) is 0 Å². The van der Waals surface area contributed by atoms with Crippen molar-refractivity contribution >= 4 is 35.1 Å². The largest absolute Gasteiger partial charge is 0.416 e. The Morgan fingerprint density at radius 2 is 1.97 bits per heavy atom. The first-order valence-electron chi connectivity index (χ1n) is 8.74. The Bertz CT molecular complexity index is 989. The van der Waals surface area contributed by atoms with Gasteiger partial charge < -0.3 is 15.6 Å². The molecule has 2 amide bonds. The molecule has 0 spiro atoms. The summed E-state index contributed by atoms with van der Waals surface area (Å²) in [5, 5.41) is 5.29. The third kappa shape index (κ3) is 4.78. The van der Waals surface area contributed by atoms with Gasteiger partial charge in [0.1, 0.15) is 5.82 Å². The van der Waals surface area contributed by atoms with Crippen molar-refractivity contribution in [1.82, 2.24) is 9.97 Å². The highest BCUT2D eigenvalue weighted by Crippen LogP contribution is 2.32. The number of halogens is 3. The van der Waals surface area contributed by atoms with Gasteiger partial charge in [0.15, 0.2) is 5.16 Å². The number of hydrogen-bond donors (Lipinski definition) is 3. The van der Waals surface area contributed by atoms with E-state index in [1.54, 1.807) is 0 Å². The molecule has 1 aliphatic heterocycles. The Balaban J connectivity index is 1.85. The van der Waals surface area contributed by atoms with E-state index in [1.807, 2.05) is 6.92 Å². The van der Waals surface area contributed by atoms with Crippen LogP contribution in [0.3, 0.4) is 0 Å². The lowest BCUT2D eigenvalue weighted by Crippen LogP contribution is -2.36. The van der Waals surface area contributed by atoms with Crippen molar-refractivity contribution in [2.45, 2.75) is 37.0 Å². The lowest BCUT2D eigenvalue weighted by molar-refractivity contribution is -0.137. The molecule has 1 aromatic heterocycles. The van der Waals surface area contributed by atoms with E-state index in [-0.39, 0.29) is 23.5 Å². The van der Waals surface area contributed by atoms with Gasteiger partial charge >= 0.3 is 6.18 Å². The maximum absolute atomic E-state index is 12.7. The molecule has 1 atom stereocenters. The number of nitrogens with one attached hydrogen (secondary N) is 3. The van der Waals surface area contributed by atoms with Crippen molar-refractivity contribution in [3.63, 3.8) is 0 Å². The van der Waals surface area contributed by atoms with Gasteiger partial charge in [0, 0.05) is 17.9 Å². The van der Waals surface area contributed by atoms with Gasteiger partial charge in [-0.1, -0.05) is 18.7 Å². The Kier molecular flexibility index (Phi) is 5.96. The molecule has 0 saturated carbocycles. The minimum absolute atomic E-state index is 0.0230. The third-order valence-electron chi connectivity index (χ3n) is 4.17. The van der Waals surface area contributed by atoms with Crippen molar-refractivity contribution in [2.75, 3.05) is 16.4 Å². The smallest absolute Gasteiger partial charge is 0.326 e. The monoisotopic (exact) mass is 426 g/mol. The average molecular weight is 426 g/mol. The first kappa shape index (κ1) is 20.9. The van der Waals surface area contributed by atoms with E-state index in [9.17, 15) is 27.6 Å². The summed E-state index contributed by atoms with van der Waals surface area (Å²) in [5.41, 5.74) is -1.25. The minimum atomic E-state index is -4.49. The van der Waals surface area contributed by atoms with Crippen molar-refractivity contribution in [2.24, 2.45) is 0 Å². The standard InChI is InChI=1S/C18H17F3N4O3S/c1-2-7-29-17-24-14-13(16(28)25-17)11(8-12(26)23-14)15(27)22-10-5-3-9(4-6-10)18(19,20)21/h3-6,11H,2,7-8H2,1H3,(H,22,27)(H2,23,24,25,26,28). The number of nitrogens with zero attached hydrogens (tertiary/aromatic N) is 1. The van der Waals surface area contributed by atoms with E-state index in [2.05, 4.69) is 20.6 Å². The molecule has 3 rings (SSSR count). The zero-order valence-electron chi connectivity index (χ0n) is 15.2. The Hall–Kier alpha value is -2.82. The van der Waals surface area contributed by atoms with Crippen LogP contribution in [0.25, 0.3) is 0 Å². The molecule has 154 valence electrons. The highest BCUT2D eigenvalue weighted by atomic mass is 32.2. The van der Waals surface area contributed by atoms with Gasteiger partial charge in [-0.25, -0.2) is 4.98 Å². The summed E-state index contributed by atoms with van der Waals surface area (Å²) in [4.78, 5) is 44.0. The van der Waals surface area contributed by atoms with E-state index in [4.69, 9.17) is 0 Å². The molecule has 2 aromatic rings. The summed E-state index contributed by atoms with van der Waals surface area (Å²) < 4.78 is 38.0. The van der Waals surface area contributed by atoms with Crippen molar-refractivity contribution in [1.29, 1.82) is 0 Å². The van der Waals surface area contributed by atoms with E-state index in [0.29, 0.717) is 10.9 Å². The topological polar surface area (TPSA) is 104 Å². The van der Waals surface area contributed by atoms with Gasteiger partial charge in [0.2, 0.25) is 11.8 Å². The molecular weight excluding hydrogens is 409 g/mol. The first-order chi connectivity index (χ1) is 13.7. The Labute approximate surface area is 167 Å². The number of carbonyl (C=O) groups excluding carboxylic acids is 2. The highest BCUT2D eigenvalue weighted by molar-refractivity contribution is 7.99. The number of benzene rings is 1. The van der Waals surface area contributed by atoms with Gasteiger partial charge in [-0.3, -0.25) is 14.4 Å². The lowest BCUT2D eigenvalue weighted by atomic mass is 9.92. The minimum Gasteiger partial charge on any atom is -0.326 e. The molecule has 29 heavy (non-hydrogen) atoms. The lowest BCUT2D eigenvalue weighted by Gasteiger charge is -2.23. The van der Waals surface area contributed by atoms with E-state index in [0.717, 1.165) is 30.7 Å². The van der Waals surface area contributed by atoms with Gasteiger partial charge in [-0.2, -0.15) is 13.2 Å². The number of thioether (sulfide) groups is 1. The predicted octanol–water partition coefficient (Wildman–Crippen LogP) is 3.36. The van der Waals surface area contributed by atoms with Crippen LogP contribution in [0.4, 0.5) is 24.7 Å². The van der Waals surface area contributed by atoms with Crippen LogP contribution in [0.2, 0.25) is 0 Å². The SMILES string of the molecule is CCCSc1nc2c(c(=O)[nH]1)C(C(=O)Nc1ccc(C(F)(F)F)cc1)CC(=O)N2. The van der Waals surface area contributed by atoms with Crippen molar-refractivity contribution in [3.8, 4) is 0 Å². The second kappa shape index (κ2) is 8.27. The summed E-state index contributed by atoms with van der Waals surface area (Å²) in [5.74, 6) is -1.52. The van der Waals surface area contributed by atoms with Crippen LogP contribution >= 0.6 is 11.8 Å². The molecular formula is C18H17F3N4O3S.